The Morgan fingerprint density at radius 1 is 1.05 bits per heavy atom. The molecule has 1 nitrogen and oxygen atoms in total. The number of hydrogen-bond acceptors (Lipinski definition) is 1. The zero-order chi connectivity index (χ0) is 16.2. The average Bonchev–Trinajstić information content (AvgIpc) is 2.47. The predicted octanol–water partition coefficient (Wildman–Crippen LogP) is 6.06. The van der Waals surface area contributed by atoms with Gasteiger partial charge >= 0.3 is 6.18 Å². The minimum Gasteiger partial charge on any atom is -0.454 e. The minimum atomic E-state index is -4.18. The Bertz CT molecular complexity index is 608. The van der Waals surface area contributed by atoms with Crippen molar-refractivity contribution in [2.75, 3.05) is 0 Å². The summed E-state index contributed by atoms with van der Waals surface area (Å²) in [4.78, 5) is 0. The number of para-hydroxylation sites is 1. The van der Waals surface area contributed by atoms with Gasteiger partial charge in [0.15, 0.2) is 11.6 Å². The third-order valence-electron chi connectivity index (χ3n) is 3.36. The Kier molecular flexibility index (Phi) is 5.06. The summed E-state index contributed by atoms with van der Waals surface area (Å²) in [5.74, 6) is -0.389. The van der Waals surface area contributed by atoms with Crippen LogP contribution in [0, 0.1) is 5.82 Å². The van der Waals surface area contributed by atoms with Crippen LogP contribution in [0.4, 0.5) is 17.6 Å². The van der Waals surface area contributed by atoms with E-state index in [0.717, 1.165) is 0 Å². The number of alkyl halides is 3. The van der Waals surface area contributed by atoms with Gasteiger partial charge in [0, 0.05) is 6.42 Å². The first-order valence-corrected chi connectivity index (χ1v) is 6.94. The molecule has 1 unspecified atom stereocenters. The highest BCUT2D eigenvalue weighted by Crippen LogP contribution is 2.32. The molecule has 0 aliphatic heterocycles. The van der Waals surface area contributed by atoms with Crippen molar-refractivity contribution in [2.24, 2.45) is 0 Å². The molecule has 0 fully saturated rings. The summed E-state index contributed by atoms with van der Waals surface area (Å²) in [7, 11) is 0. The standard InChI is InChI=1S/C17H16F4O/c1-12(9-10-17(19,20)21)13-7-8-15(18)16(11-13)22-14-5-3-2-4-6-14/h2-8,11-12H,9-10H2,1H3. The van der Waals surface area contributed by atoms with Crippen LogP contribution in [-0.2, 0) is 0 Å². The second-order valence-electron chi connectivity index (χ2n) is 5.16. The van der Waals surface area contributed by atoms with Crippen molar-refractivity contribution < 1.29 is 22.3 Å². The molecule has 0 heterocycles. The molecule has 0 aliphatic rings. The maximum atomic E-state index is 13.8. The zero-order valence-electron chi connectivity index (χ0n) is 12.0. The fourth-order valence-corrected chi connectivity index (χ4v) is 2.07. The molecule has 0 bridgehead atoms. The van der Waals surface area contributed by atoms with Crippen LogP contribution < -0.4 is 4.74 Å². The van der Waals surface area contributed by atoms with Crippen molar-refractivity contribution in [3.63, 3.8) is 0 Å². The molecule has 22 heavy (non-hydrogen) atoms. The number of halogens is 4. The van der Waals surface area contributed by atoms with Gasteiger partial charge in [-0.25, -0.2) is 4.39 Å². The van der Waals surface area contributed by atoms with E-state index in [-0.39, 0.29) is 18.1 Å². The van der Waals surface area contributed by atoms with Crippen molar-refractivity contribution in [3.8, 4) is 11.5 Å². The molecular weight excluding hydrogens is 296 g/mol. The van der Waals surface area contributed by atoms with E-state index in [4.69, 9.17) is 4.74 Å². The van der Waals surface area contributed by atoms with E-state index in [0.29, 0.717) is 11.3 Å². The predicted molar refractivity (Wildman–Crippen MR) is 76.6 cm³/mol. The molecule has 5 heteroatoms. The Labute approximate surface area is 126 Å². The lowest BCUT2D eigenvalue weighted by Crippen LogP contribution is -2.09. The van der Waals surface area contributed by atoms with Crippen LogP contribution in [0.2, 0.25) is 0 Å². The SMILES string of the molecule is CC(CCC(F)(F)F)c1ccc(F)c(Oc2ccccc2)c1. The van der Waals surface area contributed by atoms with Crippen LogP contribution in [-0.4, -0.2) is 6.18 Å². The van der Waals surface area contributed by atoms with Gasteiger partial charge in [-0.3, -0.25) is 0 Å². The third kappa shape index (κ3) is 4.76. The van der Waals surface area contributed by atoms with Crippen molar-refractivity contribution in [2.45, 2.75) is 31.9 Å². The van der Waals surface area contributed by atoms with Crippen molar-refractivity contribution in [3.05, 3.63) is 59.9 Å². The van der Waals surface area contributed by atoms with Crippen LogP contribution >= 0.6 is 0 Å². The molecule has 0 aliphatic carbocycles. The number of benzene rings is 2. The Morgan fingerprint density at radius 3 is 2.36 bits per heavy atom. The maximum absolute atomic E-state index is 13.8. The fraction of sp³-hybridized carbons (Fsp3) is 0.294. The van der Waals surface area contributed by atoms with E-state index < -0.39 is 18.4 Å². The molecule has 2 aromatic rings. The van der Waals surface area contributed by atoms with E-state index >= 15 is 0 Å². The normalized spacial score (nSPS) is 13.0. The van der Waals surface area contributed by atoms with Crippen LogP contribution in [0.3, 0.4) is 0 Å². The number of hydrogen-bond donors (Lipinski definition) is 0. The van der Waals surface area contributed by atoms with E-state index in [9.17, 15) is 17.6 Å². The van der Waals surface area contributed by atoms with E-state index in [1.54, 1.807) is 37.3 Å². The molecule has 0 aromatic heterocycles. The van der Waals surface area contributed by atoms with E-state index in [1.165, 1.54) is 18.2 Å². The van der Waals surface area contributed by atoms with Gasteiger partial charge in [0.25, 0.3) is 0 Å². The van der Waals surface area contributed by atoms with Gasteiger partial charge in [-0.1, -0.05) is 31.2 Å². The third-order valence-corrected chi connectivity index (χ3v) is 3.36. The molecule has 0 spiro atoms. The van der Waals surface area contributed by atoms with Crippen molar-refractivity contribution >= 4 is 0 Å². The molecular formula is C17H16F4O. The summed E-state index contributed by atoms with van der Waals surface area (Å²) in [6.07, 6.45) is -5.09. The lowest BCUT2D eigenvalue weighted by Gasteiger charge is -2.15. The van der Waals surface area contributed by atoms with Crippen molar-refractivity contribution in [1.29, 1.82) is 0 Å². The van der Waals surface area contributed by atoms with Gasteiger partial charge in [-0.05, 0) is 42.2 Å². The lowest BCUT2D eigenvalue weighted by atomic mass is 9.96. The molecule has 1 atom stereocenters. The first-order valence-electron chi connectivity index (χ1n) is 6.94. The highest BCUT2D eigenvalue weighted by atomic mass is 19.4. The smallest absolute Gasteiger partial charge is 0.389 e. The molecule has 0 radical (unpaired) electrons. The molecule has 2 aromatic carbocycles. The summed E-state index contributed by atoms with van der Waals surface area (Å²) in [6, 6.07) is 12.8. The molecule has 0 amide bonds. The first-order chi connectivity index (χ1) is 10.3. The van der Waals surface area contributed by atoms with Gasteiger partial charge < -0.3 is 4.74 Å². The quantitative estimate of drug-likeness (QED) is 0.609. The molecule has 0 N–H and O–H groups in total. The first kappa shape index (κ1) is 16.3. The lowest BCUT2D eigenvalue weighted by molar-refractivity contribution is -0.136. The fourth-order valence-electron chi connectivity index (χ4n) is 2.07. The summed E-state index contributed by atoms with van der Waals surface area (Å²) in [5, 5.41) is 0. The average molecular weight is 312 g/mol. The topological polar surface area (TPSA) is 9.23 Å². The molecule has 0 saturated carbocycles. The number of rotatable bonds is 5. The van der Waals surface area contributed by atoms with Gasteiger partial charge in [0.1, 0.15) is 5.75 Å². The second-order valence-corrected chi connectivity index (χ2v) is 5.16. The van der Waals surface area contributed by atoms with Crippen LogP contribution in [0.15, 0.2) is 48.5 Å². The van der Waals surface area contributed by atoms with Crippen LogP contribution in [0.1, 0.15) is 31.2 Å². The highest BCUT2D eigenvalue weighted by molar-refractivity contribution is 5.36. The van der Waals surface area contributed by atoms with E-state index in [1.807, 2.05) is 0 Å². The summed E-state index contributed by atoms with van der Waals surface area (Å²) in [6.45, 7) is 1.69. The zero-order valence-corrected chi connectivity index (χ0v) is 12.0. The monoisotopic (exact) mass is 312 g/mol. The Balaban J connectivity index is 2.12. The van der Waals surface area contributed by atoms with E-state index in [2.05, 4.69) is 0 Å². The van der Waals surface area contributed by atoms with Gasteiger partial charge in [-0.15, -0.1) is 0 Å². The van der Waals surface area contributed by atoms with Crippen LogP contribution in [0.25, 0.3) is 0 Å². The van der Waals surface area contributed by atoms with Crippen LogP contribution in [0.5, 0.6) is 11.5 Å². The molecule has 2 rings (SSSR count). The second kappa shape index (κ2) is 6.81. The largest absolute Gasteiger partial charge is 0.454 e. The summed E-state index contributed by atoms with van der Waals surface area (Å²) < 4.78 is 56.1. The van der Waals surface area contributed by atoms with Gasteiger partial charge in [-0.2, -0.15) is 13.2 Å². The summed E-state index contributed by atoms with van der Waals surface area (Å²) in [5.41, 5.74) is 0.622. The Hall–Kier alpha value is -2.04. The molecule has 0 saturated heterocycles. The van der Waals surface area contributed by atoms with Gasteiger partial charge in [0.05, 0.1) is 0 Å². The van der Waals surface area contributed by atoms with Gasteiger partial charge in [0.2, 0.25) is 0 Å². The minimum absolute atomic E-state index is 0.0163. The van der Waals surface area contributed by atoms with Crippen molar-refractivity contribution in [1.82, 2.24) is 0 Å². The summed E-state index contributed by atoms with van der Waals surface area (Å²) >= 11 is 0. The molecule has 118 valence electrons. The maximum Gasteiger partial charge on any atom is 0.389 e. The number of ether oxygens (including phenoxy) is 1. The highest BCUT2D eigenvalue weighted by Gasteiger charge is 2.27. The Morgan fingerprint density at radius 2 is 1.73 bits per heavy atom.